The maximum Gasteiger partial charge on any atom is 0.374 e. The Bertz CT molecular complexity index is 581. The predicted molar refractivity (Wildman–Crippen MR) is 83.1 cm³/mol. The lowest BCUT2D eigenvalue weighted by molar-refractivity contribution is 0.0282. The quantitative estimate of drug-likeness (QED) is 0.364. The second kappa shape index (κ2) is 8.19. The van der Waals surface area contributed by atoms with Gasteiger partial charge in [0.2, 0.25) is 5.76 Å². The summed E-state index contributed by atoms with van der Waals surface area (Å²) in [6.45, 7) is 3.92. The summed E-state index contributed by atoms with van der Waals surface area (Å²) in [7, 11) is 1.24. The van der Waals surface area contributed by atoms with Gasteiger partial charge in [0.1, 0.15) is 4.90 Å². The minimum atomic E-state index is -3.97. The van der Waals surface area contributed by atoms with Crippen LogP contribution in [0.15, 0.2) is 20.0 Å². The van der Waals surface area contributed by atoms with E-state index in [2.05, 4.69) is 22.9 Å². The molecular formula is C13H18BrClO5S. The Kier molecular flexibility index (Phi) is 7.23. The third kappa shape index (κ3) is 6.00. The number of hydrogen-bond acceptors (Lipinski definition) is 5. The zero-order chi connectivity index (χ0) is 16.0. The van der Waals surface area contributed by atoms with Crippen LogP contribution in [0.2, 0.25) is 0 Å². The van der Waals surface area contributed by atoms with Gasteiger partial charge >= 0.3 is 5.97 Å². The SMILES string of the molecule is CCCCCCC(C)OC(=O)c1cc(S(=O)(=O)Cl)c(Br)o1. The standard InChI is InChI=1S/C13H18BrClO5S/c1-3-4-5-6-7-9(2)19-13(16)10-8-11(12(14)20-10)21(15,17)18/h8-9H,3-7H2,1-2H3. The first kappa shape index (κ1) is 18.5. The number of halogens is 2. The lowest BCUT2D eigenvalue weighted by Crippen LogP contribution is -2.14. The van der Waals surface area contributed by atoms with Crippen molar-refractivity contribution in [2.45, 2.75) is 57.0 Å². The molecule has 120 valence electrons. The average molecular weight is 402 g/mol. The number of carbonyl (C=O) groups excluding carboxylic acids is 1. The minimum absolute atomic E-state index is 0.111. The normalized spacial score (nSPS) is 13.1. The number of unbranched alkanes of at least 4 members (excludes halogenated alkanes) is 3. The van der Waals surface area contributed by atoms with Gasteiger partial charge in [0.15, 0.2) is 4.67 Å². The second-order valence-corrected chi connectivity index (χ2v) is 8.01. The molecule has 1 aromatic rings. The maximum atomic E-state index is 11.9. The van der Waals surface area contributed by atoms with E-state index in [1.807, 2.05) is 0 Å². The highest BCUT2D eigenvalue weighted by Crippen LogP contribution is 2.29. The molecule has 0 bridgehead atoms. The van der Waals surface area contributed by atoms with Gasteiger partial charge in [0.25, 0.3) is 9.05 Å². The van der Waals surface area contributed by atoms with E-state index >= 15 is 0 Å². The zero-order valence-electron chi connectivity index (χ0n) is 11.9. The largest absolute Gasteiger partial charge is 0.457 e. The molecular weight excluding hydrogens is 384 g/mol. The molecule has 0 aliphatic rings. The van der Waals surface area contributed by atoms with Crippen LogP contribution in [-0.2, 0) is 13.8 Å². The molecule has 0 aromatic carbocycles. The number of ether oxygens (including phenoxy) is 1. The van der Waals surface area contributed by atoms with Gasteiger partial charge in [-0.05, 0) is 35.7 Å². The van der Waals surface area contributed by atoms with Crippen molar-refractivity contribution in [2.75, 3.05) is 0 Å². The Balaban J connectivity index is 2.60. The van der Waals surface area contributed by atoms with Crippen molar-refractivity contribution in [3.63, 3.8) is 0 Å². The van der Waals surface area contributed by atoms with Gasteiger partial charge in [-0.15, -0.1) is 0 Å². The molecule has 0 aliphatic heterocycles. The summed E-state index contributed by atoms with van der Waals surface area (Å²) in [4.78, 5) is 11.6. The van der Waals surface area contributed by atoms with Crippen molar-refractivity contribution in [3.8, 4) is 0 Å². The Morgan fingerprint density at radius 3 is 2.62 bits per heavy atom. The van der Waals surface area contributed by atoms with Gasteiger partial charge in [-0.25, -0.2) is 13.2 Å². The fourth-order valence-electron chi connectivity index (χ4n) is 1.78. The second-order valence-electron chi connectivity index (χ2n) is 4.75. The van der Waals surface area contributed by atoms with E-state index in [0.29, 0.717) is 0 Å². The van der Waals surface area contributed by atoms with Crippen LogP contribution in [-0.4, -0.2) is 20.5 Å². The molecule has 0 aliphatic carbocycles. The molecule has 1 rings (SSSR count). The molecule has 1 unspecified atom stereocenters. The van der Waals surface area contributed by atoms with Crippen LogP contribution < -0.4 is 0 Å². The van der Waals surface area contributed by atoms with Crippen molar-refractivity contribution >= 4 is 41.6 Å². The molecule has 1 heterocycles. The molecule has 0 saturated heterocycles. The average Bonchev–Trinajstić information content (AvgIpc) is 2.77. The lowest BCUT2D eigenvalue weighted by Gasteiger charge is -2.11. The van der Waals surface area contributed by atoms with Gasteiger partial charge in [0, 0.05) is 16.7 Å². The smallest absolute Gasteiger partial charge is 0.374 e. The van der Waals surface area contributed by atoms with Crippen molar-refractivity contribution in [2.24, 2.45) is 0 Å². The Hall–Kier alpha value is -0.530. The molecule has 0 radical (unpaired) electrons. The molecule has 1 aromatic heterocycles. The van der Waals surface area contributed by atoms with Gasteiger partial charge in [-0.3, -0.25) is 0 Å². The van der Waals surface area contributed by atoms with Crippen LogP contribution in [0.4, 0.5) is 0 Å². The fraction of sp³-hybridized carbons (Fsp3) is 0.615. The molecule has 0 amide bonds. The summed E-state index contributed by atoms with van der Waals surface area (Å²) in [6, 6.07) is 1.05. The van der Waals surface area contributed by atoms with Crippen molar-refractivity contribution < 1.29 is 22.4 Å². The van der Waals surface area contributed by atoms with E-state index in [1.165, 1.54) is 0 Å². The van der Waals surface area contributed by atoms with Gasteiger partial charge in [-0.1, -0.05) is 26.2 Å². The van der Waals surface area contributed by atoms with E-state index in [-0.39, 0.29) is 21.4 Å². The number of hydrogen-bond donors (Lipinski definition) is 0. The molecule has 1 atom stereocenters. The van der Waals surface area contributed by atoms with Crippen molar-refractivity contribution in [1.82, 2.24) is 0 Å². The minimum Gasteiger partial charge on any atom is -0.457 e. The highest BCUT2D eigenvalue weighted by molar-refractivity contribution is 9.10. The summed E-state index contributed by atoms with van der Waals surface area (Å²) >= 11 is 2.91. The first-order valence-corrected chi connectivity index (χ1v) is 9.81. The maximum absolute atomic E-state index is 11.9. The summed E-state index contributed by atoms with van der Waals surface area (Å²) < 4.78 is 32.6. The van der Waals surface area contributed by atoms with Crippen LogP contribution in [0.25, 0.3) is 0 Å². The highest BCUT2D eigenvalue weighted by atomic mass is 79.9. The summed E-state index contributed by atoms with van der Waals surface area (Å²) in [6.07, 6.45) is 4.88. The first-order chi connectivity index (χ1) is 9.75. The van der Waals surface area contributed by atoms with E-state index < -0.39 is 15.0 Å². The van der Waals surface area contributed by atoms with E-state index in [1.54, 1.807) is 6.92 Å². The third-order valence-electron chi connectivity index (χ3n) is 2.89. The van der Waals surface area contributed by atoms with Crippen molar-refractivity contribution in [3.05, 3.63) is 16.5 Å². The Morgan fingerprint density at radius 1 is 1.43 bits per heavy atom. The summed E-state index contributed by atoms with van der Waals surface area (Å²) in [5.41, 5.74) is 0. The van der Waals surface area contributed by atoms with Crippen molar-refractivity contribution in [1.29, 1.82) is 0 Å². The van der Waals surface area contributed by atoms with Crippen LogP contribution in [0.5, 0.6) is 0 Å². The monoisotopic (exact) mass is 400 g/mol. The summed E-state index contributed by atoms with van der Waals surface area (Å²) in [5, 5.41) is 0. The molecule has 21 heavy (non-hydrogen) atoms. The van der Waals surface area contributed by atoms with Crippen LogP contribution >= 0.6 is 26.6 Å². The van der Waals surface area contributed by atoms with Crippen LogP contribution in [0, 0.1) is 0 Å². The summed E-state index contributed by atoms with van der Waals surface area (Å²) in [5.74, 6) is -0.897. The third-order valence-corrected chi connectivity index (χ3v) is 5.07. The van der Waals surface area contributed by atoms with Crippen LogP contribution in [0.3, 0.4) is 0 Å². The Labute approximate surface area is 137 Å². The van der Waals surface area contributed by atoms with Gasteiger partial charge in [0.05, 0.1) is 6.10 Å². The molecule has 0 fully saturated rings. The zero-order valence-corrected chi connectivity index (χ0v) is 15.1. The lowest BCUT2D eigenvalue weighted by atomic mass is 10.1. The van der Waals surface area contributed by atoms with Gasteiger partial charge < -0.3 is 9.15 Å². The number of esters is 1. The van der Waals surface area contributed by atoms with E-state index in [4.69, 9.17) is 19.8 Å². The fourth-order valence-corrected chi connectivity index (χ4v) is 3.81. The molecule has 5 nitrogen and oxygen atoms in total. The first-order valence-electron chi connectivity index (χ1n) is 6.70. The molecule has 0 spiro atoms. The van der Waals surface area contributed by atoms with Crippen LogP contribution in [0.1, 0.15) is 56.5 Å². The number of rotatable bonds is 8. The van der Waals surface area contributed by atoms with E-state index in [0.717, 1.165) is 38.2 Å². The topological polar surface area (TPSA) is 73.6 Å². The Morgan fingerprint density at radius 2 is 2.10 bits per heavy atom. The van der Waals surface area contributed by atoms with E-state index in [9.17, 15) is 13.2 Å². The number of carbonyl (C=O) groups is 1. The highest BCUT2D eigenvalue weighted by Gasteiger charge is 2.24. The predicted octanol–water partition coefficient (Wildman–Crippen LogP) is 4.49. The van der Waals surface area contributed by atoms with Gasteiger partial charge in [-0.2, -0.15) is 0 Å². The molecule has 0 N–H and O–H groups in total. The molecule has 8 heteroatoms. The molecule has 0 saturated carbocycles. The number of furan rings is 1.